The summed E-state index contributed by atoms with van der Waals surface area (Å²) in [5, 5.41) is 43.2. The van der Waals surface area contributed by atoms with Gasteiger partial charge in [-0.1, -0.05) is 86.4 Å². The zero-order valence-corrected chi connectivity index (χ0v) is 41.4. The van der Waals surface area contributed by atoms with Crippen LogP contribution in [0, 0.1) is 0 Å². The van der Waals surface area contributed by atoms with E-state index in [1.54, 1.807) is 0 Å². The van der Waals surface area contributed by atoms with Crippen molar-refractivity contribution >= 4 is 69.5 Å². The van der Waals surface area contributed by atoms with Gasteiger partial charge >= 0.3 is 17.9 Å². The summed E-state index contributed by atoms with van der Waals surface area (Å²) in [5.74, 6) is -4.71. The zero-order valence-electron chi connectivity index (χ0n) is 39.3. The number of carbonyl (C=O) groups is 8. The van der Waals surface area contributed by atoms with Crippen molar-refractivity contribution in [1.29, 1.82) is 0 Å². The Bertz CT molecular complexity index is 1380. The second-order valence-corrected chi connectivity index (χ2v) is 16.7. The van der Waals surface area contributed by atoms with Gasteiger partial charge in [0.05, 0.1) is 45.7 Å². The number of aliphatic carboxylic acids is 3. The molecule has 388 valence electrons. The van der Waals surface area contributed by atoms with E-state index in [1.807, 2.05) is 0 Å². The van der Waals surface area contributed by atoms with Crippen LogP contribution in [0.2, 0.25) is 0 Å². The van der Waals surface area contributed by atoms with E-state index in [-0.39, 0.29) is 127 Å². The largest absolute Gasteiger partial charge is 0.481 e. The Morgan fingerprint density at radius 3 is 1.33 bits per heavy atom. The van der Waals surface area contributed by atoms with E-state index in [1.165, 1.54) is 38.5 Å². The molecule has 0 aromatic heterocycles. The lowest BCUT2D eigenvalue weighted by Crippen LogP contribution is -2.49. The first-order valence-corrected chi connectivity index (χ1v) is 25.0. The van der Waals surface area contributed by atoms with Gasteiger partial charge in [-0.2, -0.15) is 12.6 Å². The molecule has 0 rings (SSSR count). The topological polar surface area (TPSA) is 306 Å². The third-order valence-corrected chi connectivity index (χ3v) is 11.0. The maximum absolute atomic E-state index is 12.3. The van der Waals surface area contributed by atoms with E-state index in [4.69, 9.17) is 24.1 Å². The SMILES string of the molecule is O=C(O)CCCCCCCCCCCCCCCCC(=O)N[C@@H](CCC(=O)NCCOCCOCC(=O)NCCOCCOCC(=O)NCCCCC(NC(=O)C(CS)NP)C(=O)O)C(=O)O. The van der Waals surface area contributed by atoms with Crippen LogP contribution in [0.15, 0.2) is 0 Å². The first-order chi connectivity index (χ1) is 32.3. The van der Waals surface area contributed by atoms with Crippen molar-refractivity contribution in [3.8, 4) is 0 Å². The fraction of sp³-hybridized carbons (Fsp3) is 0.818. The lowest BCUT2D eigenvalue weighted by Gasteiger charge is -2.18. The standard InChI is InChI=1S/C44H81N6O15PS/c51-37(21-20-35(44(60)61)48-38(52)18-13-11-9-7-5-3-1-2-4-6-8-10-12-14-19-41(55)56)46-23-25-62-27-30-65-32-40(54)47-24-26-63-28-29-64-31-39(53)45-22-16-15-17-34(43(58)59)49-42(57)36(33-67)50-66/h34-36,50,67H,1-33,66H2,(H,45,53)(H,46,51)(H,47,54)(H,48,52)(H,49,57)(H,55,56)(H,58,59)(H,60,61)/t34?,35-,36?/m0/s1. The fourth-order valence-corrected chi connectivity index (χ4v) is 7.15. The van der Waals surface area contributed by atoms with Crippen molar-refractivity contribution in [2.24, 2.45) is 0 Å². The number of carboxylic acids is 3. The number of unbranched alkanes of at least 4 members (excludes halogenated alkanes) is 14. The molecule has 0 radical (unpaired) electrons. The van der Waals surface area contributed by atoms with Crippen LogP contribution in [0.1, 0.15) is 135 Å². The van der Waals surface area contributed by atoms with Crippen molar-refractivity contribution in [2.45, 2.75) is 153 Å². The van der Waals surface area contributed by atoms with Gasteiger partial charge < -0.3 is 60.9 Å². The smallest absolute Gasteiger partial charge is 0.326 e. The van der Waals surface area contributed by atoms with Gasteiger partial charge in [0.1, 0.15) is 25.3 Å². The van der Waals surface area contributed by atoms with Crippen LogP contribution in [0.4, 0.5) is 0 Å². The molecule has 0 aliphatic carbocycles. The molecule has 0 aromatic carbocycles. The third kappa shape index (κ3) is 41.1. The van der Waals surface area contributed by atoms with E-state index in [0.717, 1.165) is 44.9 Å². The number of rotatable bonds is 48. The molecule has 0 heterocycles. The summed E-state index contributed by atoms with van der Waals surface area (Å²) in [4.78, 5) is 94.2. The molecule has 0 bridgehead atoms. The minimum absolute atomic E-state index is 0.0396. The molecule has 67 heavy (non-hydrogen) atoms. The van der Waals surface area contributed by atoms with Crippen molar-refractivity contribution in [1.82, 2.24) is 31.7 Å². The molecule has 4 atom stereocenters. The molecule has 0 aliphatic rings. The average molecular weight is 997 g/mol. The summed E-state index contributed by atoms with van der Waals surface area (Å²) in [6.45, 7) is 1.47. The monoisotopic (exact) mass is 997 g/mol. The van der Waals surface area contributed by atoms with Gasteiger partial charge in [0.25, 0.3) is 0 Å². The van der Waals surface area contributed by atoms with Crippen LogP contribution >= 0.6 is 22.0 Å². The average Bonchev–Trinajstić information content (AvgIpc) is 3.28. The number of ether oxygens (including phenoxy) is 4. The van der Waals surface area contributed by atoms with Crippen LogP contribution in [0.5, 0.6) is 0 Å². The maximum Gasteiger partial charge on any atom is 0.326 e. The van der Waals surface area contributed by atoms with Crippen molar-refractivity contribution in [2.75, 3.05) is 78.2 Å². The molecular formula is C44H81N6O15PS. The Labute approximate surface area is 403 Å². The Kier molecular flexibility index (Phi) is 42.4. The van der Waals surface area contributed by atoms with Crippen LogP contribution in [0.25, 0.3) is 0 Å². The van der Waals surface area contributed by atoms with Gasteiger partial charge in [0, 0.05) is 44.6 Å². The lowest BCUT2D eigenvalue weighted by atomic mass is 10.0. The first kappa shape index (κ1) is 63.3. The lowest BCUT2D eigenvalue weighted by molar-refractivity contribution is -0.142. The van der Waals surface area contributed by atoms with Crippen LogP contribution in [-0.4, -0.2) is 159 Å². The summed E-state index contributed by atoms with van der Waals surface area (Å²) in [6.07, 6.45) is 16.5. The van der Waals surface area contributed by atoms with Gasteiger partial charge in [-0.05, 0) is 38.5 Å². The highest BCUT2D eigenvalue weighted by Gasteiger charge is 2.24. The molecule has 0 saturated heterocycles. The van der Waals surface area contributed by atoms with Gasteiger partial charge in [-0.15, -0.1) is 0 Å². The van der Waals surface area contributed by atoms with Crippen molar-refractivity contribution in [3.63, 3.8) is 0 Å². The Morgan fingerprint density at radius 1 is 0.433 bits per heavy atom. The summed E-state index contributed by atoms with van der Waals surface area (Å²) in [7, 11) is 2.20. The maximum atomic E-state index is 12.3. The summed E-state index contributed by atoms with van der Waals surface area (Å²) < 4.78 is 21.3. The molecule has 0 aromatic rings. The number of hydrogen-bond acceptors (Lipinski definition) is 14. The molecule has 5 amide bonds. The minimum atomic E-state index is -1.19. The quantitative estimate of drug-likeness (QED) is 0.0238. The summed E-state index contributed by atoms with van der Waals surface area (Å²) >= 11 is 4.05. The molecule has 9 N–H and O–H groups in total. The predicted octanol–water partition coefficient (Wildman–Crippen LogP) is 2.50. The molecule has 23 heteroatoms. The zero-order chi connectivity index (χ0) is 49.8. The van der Waals surface area contributed by atoms with Crippen LogP contribution in [0.3, 0.4) is 0 Å². The molecular weight excluding hydrogens is 916 g/mol. The second-order valence-electron chi connectivity index (χ2n) is 16.0. The van der Waals surface area contributed by atoms with E-state index >= 15 is 0 Å². The first-order valence-electron chi connectivity index (χ1n) is 23.8. The number of hydrogen-bond donors (Lipinski definition) is 10. The molecule has 3 unspecified atom stereocenters. The third-order valence-electron chi connectivity index (χ3n) is 10.2. The number of nitrogens with one attached hydrogen (secondary N) is 6. The molecule has 0 spiro atoms. The minimum Gasteiger partial charge on any atom is -0.481 e. The summed E-state index contributed by atoms with van der Waals surface area (Å²) in [6, 6.07) is -2.83. The highest BCUT2D eigenvalue weighted by molar-refractivity contribution is 7.80. The van der Waals surface area contributed by atoms with E-state index < -0.39 is 41.9 Å². The van der Waals surface area contributed by atoms with Crippen molar-refractivity contribution in [3.05, 3.63) is 0 Å². The highest BCUT2D eigenvalue weighted by Crippen LogP contribution is 2.14. The molecule has 0 fully saturated rings. The molecule has 0 saturated carbocycles. The van der Waals surface area contributed by atoms with Gasteiger partial charge in [-0.3, -0.25) is 33.9 Å². The summed E-state index contributed by atoms with van der Waals surface area (Å²) in [5.41, 5.74) is 0. The van der Waals surface area contributed by atoms with Crippen LogP contribution < -0.4 is 31.7 Å². The Morgan fingerprint density at radius 2 is 0.866 bits per heavy atom. The number of carboxylic acid groups (broad SMARTS) is 3. The van der Waals surface area contributed by atoms with Crippen LogP contribution in [-0.2, 0) is 57.3 Å². The number of carbonyl (C=O) groups excluding carboxylic acids is 5. The Balaban J connectivity index is 3.72. The highest BCUT2D eigenvalue weighted by atomic mass is 32.1. The fourth-order valence-electron chi connectivity index (χ4n) is 6.41. The van der Waals surface area contributed by atoms with E-state index in [0.29, 0.717) is 25.8 Å². The van der Waals surface area contributed by atoms with Crippen molar-refractivity contribution < 1.29 is 72.6 Å². The number of thiol groups is 1. The molecule has 0 aliphatic heterocycles. The second kappa shape index (κ2) is 44.8. The number of amides is 5. The normalized spacial score (nSPS) is 12.4. The van der Waals surface area contributed by atoms with Gasteiger partial charge in [-0.25, -0.2) is 9.59 Å². The van der Waals surface area contributed by atoms with E-state index in [9.17, 15) is 48.6 Å². The Hall–Kier alpha value is -3.66. The predicted molar refractivity (Wildman–Crippen MR) is 257 cm³/mol. The van der Waals surface area contributed by atoms with Gasteiger partial charge in [0.2, 0.25) is 29.5 Å². The van der Waals surface area contributed by atoms with Gasteiger partial charge in [0.15, 0.2) is 0 Å². The van der Waals surface area contributed by atoms with E-state index in [2.05, 4.69) is 53.7 Å². The molecule has 21 nitrogen and oxygen atoms in total.